The predicted molar refractivity (Wildman–Crippen MR) is 81.4 cm³/mol. The molecule has 0 atom stereocenters. The summed E-state index contributed by atoms with van der Waals surface area (Å²) in [6.07, 6.45) is 0. The van der Waals surface area contributed by atoms with Crippen LogP contribution in [0.3, 0.4) is 0 Å². The number of nitro benzene ring substituents is 1. The third-order valence-electron chi connectivity index (χ3n) is 2.99. The van der Waals surface area contributed by atoms with Crippen LogP contribution in [0.5, 0.6) is 0 Å². The van der Waals surface area contributed by atoms with Crippen LogP contribution in [0.1, 0.15) is 17.3 Å². The van der Waals surface area contributed by atoms with Gasteiger partial charge in [0.05, 0.1) is 9.95 Å². The molecular formula is C12H18ClN5O3. The van der Waals surface area contributed by atoms with Crippen molar-refractivity contribution in [3.05, 3.63) is 32.8 Å². The summed E-state index contributed by atoms with van der Waals surface area (Å²) in [6, 6.07) is 2.47. The van der Waals surface area contributed by atoms with Crippen molar-refractivity contribution >= 4 is 28.9 Å². The third-order valence-corrected chi connectivity index (χ3v) is 3.29. The van der Waals surface area contributed by atoms with E-state index in [-0.39, 0.29) is 22.0 Å². The minimum Gasteiger partial charge on any atom is -0.351 e. The van der Waals surface area contributed by atoms with E-state index in [2.05, 4.69) is 10.7 Å². The average Bonchev–Trinajstić information content (AvgIpc) is 2.45. The van der Waals surface area contributed by atoms with Gasteiger partial charge in [-0.3, -0.25) is 20.8 Å². The number of carbonyl (C=O) groups is 1. The van der Waals surface area contributed by atoms with E-state index in [0.29, 0.717) is 13.1 Å². The van der Waals surface area contributed by atoms with Gasteiger partial charge in [-0.1, -0.05) is 18.5 Å². The maximum Gasteiger partial charge on any atom is 0.295 e. The zero-order chi connectivity index (χ0) is 16.0. The van der Waals surface area contributed by atoms with Crippen LogP contribution in [0, 0.1) is 10.1 Å². The summed E-state index contributed by atoms with van der Waals surface area (Å²) in [4.78, 5) is 24.3. The molecule has 0 saturated carbocycles. The summed E-state index contributed by atoms with van der Waals surface area (Å²) < 4.78 is 0. The molecule has 0 aliphatic rings. The number of carbonyl (C=O) groups excluding carboxylic acids is 1. The van der Waals surface area contributed by atoms with Gasteiger partial charge in [0.1, 0.15) is 5.69 Å². The molecular weight excluding hydrogens is 298 g/mol. The number of hydrazine groups is 1. The van der Waals surface area contributed by atoms with Gasteiger partial charge in [-0.05, 0) is 19.7 Å². The Hall–Kier alpha value is -1.90. The quantitative estimate of drug-likeness (QED) is 0.396. The number of hydrogen-bond acceptors (Lipinski definition) is 6. The molecule has 0 heterocycles. The van der Waals surface area contributed by atoms with Gasteiger partial charge in [0.25, 0.3) is 11.6 Å². The molecule has 0 unspecified atom stereocenters. The summed E-state index contributed by atoms with van der Waals surface area (Å²) in [5, 5.41) is 13.7. The van der Waals surface area contributed by atoms with Gasteiger partial charge in [0, 0.05) is 24.7 Å². The van der Waals surface area contributed by atoms with E-state index in [1.165, 1.54) is 6.07 Å². The number of nitrogen functional groups attached to an aromatic ring is 1. The van der Waals surface area contributed by atoms with Crippen LogP contribution in [-0.4, -0.2) is 42.4 Å². The summed E-state index contributed by atoms with van der Waals surface area (Å²) in [5.41, 5.74) is 1.91. The van der Waals surface area contributed by atoms with E-state index in [4.69, 9.17) is 17.4 Å². The van der Waals surface area contributed by atoms with Gasteiger partial charge in [-0.15, -0.1) is 0 Å². The maximum absolute atomic E-state index is 12.0. The van der Waals surface area contributed by atoms with Crippen molar-refractivity contribution < 1.29 is 9.72 Å². The van der Waals surface area contributed by atoms with Crippen molar-refractivity contribution in [2.24, 2.45) is 5.84 Å². The van der Waals surface area contributed by atoms with E-state index >= 15 is 0 Å². The van der Waals surface area contributed by atoms with Crippen molar-refractivity contribution in [2.45, 2.75) is 6.92 Å². The number of likely N-dealkylation sites (N-methyl/N-ethyl adjacent to an activating group) is 1. The van der Waals surface area contributed by atoms with Crippen LogP contribution in [0.4, 0.5) is 11.4 Å². The molecule has 0 fully saturated rings. The molecule has 1 amide bonds. The smallest absolute Gasteiger partial charge is 0.295 e. The van der Waals surface area contributed by atoms with Crippen LogP contribution < -0.4 is 16.6 Å². The van der Waals surface area contributed by atoms with Gasteiger partial charge >= 0.3 is 0 Å². The zero-order valence-corrected chi connectivity index (χ0v) is 12.6. The number of halogens is 1. The number of amides is 1. The van der Waals surface area contributed by atoms with E-state index in [9.17, 15) is 14.9 Å². The van der Waals surface area contributed by atoms with Crippen molar-refractivity contribution in [3.63, 3.8) is 0 Å². The number of benzene rings is 1. The topological polar surface area (TPSA) is 114 Å². The van der Waals surface area contributed by atoms with Crippen molar-refractivity contribution in [3.8, 4) is 0 Å². The molecule has 1 aromatic rings. The SMILES string of the molecule is CCN(C)CCNC(=O)c1cc(Cl)c(NN)c([N+](=O)[O-])c1. The first-order valence-corrected chi connectivity index (χ1v) is 6.69. The molecule has 8 nitrogen and oxygen atoms in total. The first-order chi connectivity index (χ1) is 9.90. The normalized spacial score (nSPS) is 10.5. The average molecular weight is 316 g/mol. The fraction of sp³-hybridized carbons (Fsp3) is 0.417. The molecule has 0 spiro atoms. The third kappa shape index (κ3) is 4.55. The highest BCUT2D eigenvalue weighted by Crippen LogP contribution is 2.32. The highest BCUT2D eigenvalue weighted by molar-refractivity contribution is 6.34. The number of nitro groups is 1. The largest absolute Gasteiger partial charge is 0.351 e. The van der Waals surface area contributed by atoms with Crippen LogP contribution in [0.25, 0.3) is 0 Å². The molecule has 21 heavy (non-hydrogen) atoms. The fourth-order valence-electron chi connectivity index (χ4n) is 1.63. The predicted octanol–water partition coefficient (Wildman–Crippen LogP) is 1.22. The second kappa shape index (κ2) is 7.77. The number of nitrogens with two attached hydrogens (primary N) is 1. The lowest BCUT2D eigenvalue weighted by atomic mass is 10.1. The van der Waals surface area contributed by atoms with Gasteiger partial charge in [0.2, 0.25) is 0 Å². The second-order valence-corrected chi connectivity index (χ2v) is 4.81. The first-order valence-electron chi connectivity index (χ1n) is 6.32. The lowest BCUT2D eigenvalue weighted by Gasteiger charge is -2.14. The Bertz CT molecular complexity index is 538. The van der Waals surface area contributed by atoms with Gasteiger partial charge < -0.3 is 15.6 Å². The highest BCUT2D eigenvalue weighted by Gasteiger charge is 2.20. The first kappa shape index (κ1) is 17.2. The number of nitrogens with one attached hydrogen (secondary N) is 2. The van der Waals surface area contributed by atoms with E-state index in [0.717, 1.165) is 12.6 Å². The standard InChI is InChI=1S/C12H18ClN5O3/c1-3-17(2)5-4-15-12(19)8-6-9(13)11(16-14)10(7-8)18(20)21/h6-7,16H,3-5,14H2,1-2H3,(H,15,19). The van der Waals surface area contributed by atoms with E-state index < -0.39 is 10.8 Å². The Morgan fingerprint density at radius 1 is 1.52 bits per heavy atom. The Labute approximate surface area is 127 Å². The molecule has 0 saturated heterocycles. The Morgan fingerprint density at radius 3 is 2.71 bits per heavy atom. The minimum absolute atomic E-state index is 0.0162. The number of anilines is 1. The fourth-order valence-corrected chi connectivity index (χ4v) is 1.90. The van der Waals surface area contributed by atoms with Gasteiger partial charge in [-0.2, -0.15) is 0 Å². The lowest BCUT2D eigenvalue weighted by Crippen LogP contribution is -2.32. The molecule has 4 N–H and O–H groups in total. The Kier molecular flexibility index (Phi) is 6.35. The van der Waals surface area contributed by atoms with Crippen molar-refractivity contribution in [1.82, 2.24) is 10.2 Å². The molecule has 0 bridgehead atoms. The summed E-state index contributed by atoms with van der Waals surface area (Å²) >= 11 is 5.89. The lowest BCUT2D eigenvalue weighted by molar-refractivity contribution is -0.384. The molecule has 0 aromatic heterocycles. The molecule has 0 aliphatic heterocycles. The second-order valence-electron chi connectivity index (χ2n) is 4.41. The molecule has 0 radical (unpaired) electrons. The van der Waals surface area contributed by atoms with Crippen LogP contribution in [0.15, 0.2) is 12.1 Å². The Balaban J connectivity index is 2.88. The summed E-state index contributed by atoms with van der Waals surface area (Å²) in [7, 11) is 1.93. The van der Waals surface area contributed by atoms with Gasteiger partial charge in [-0.25, -0.2) is 0 Å². The summed E-state index contributed by atoms with van der Waals surface area (Å²) in [6.45, 7) is 3.99. The molecule has 0 aliphatic carbocycles. The monoisotopic (exact) mass is 315 g/mol. The molecule has 1 aromatic carbocycles. The Morgan fingerprint density at radius 2 is 2.19 bits per heavy atom. The molecule has 1 rings (SSSR count). The van der Waals surface area contributed by atoms with E-state index in [1.807, 2.05) is 18.9 Å². The van der Waals surface area contributed by atoms with Gasteiger partial charge in [0.15, 0.2) is 0 Å². The van der Waals surface area contributed by atoms with Crippen molar-refractivity contribution in [2.75, 3.05) is 32.1 Å². The zero-order valence-electron chi connectivity index (χ0n) is 11.9. The summed E-state index contributed by atoms with van der Waals surface area (Å²) in [5.74, 6) is 4.78. The molecule has 9 heteroatoms. The van der Waals surface area contributed by atoms with Crippen LogP contribution in [0.2, 0.25) is 5.02 Å². The number of hydrogen-bond donors (Lipinski definition) is 3. The van der Waals surface area contributed by atoms with E-state index in [1.54, 1.807) is 0 Å². The maximum atomic E-state index is 12.0. The number of rotatable bonds is 7. The van der Waals surface area contributed by atoms with Crippen LogP contribution >= 0.6 is 11.6 Å². The number of nitrogens with zero attached hydrogens (tertiary/aromatic N) is 2. The minimum atomic E-state index is -0.650. The van der Waals surface area contributed by atoms with Crippen LogP contribution in [-0.2, 0) is 0 Å². The highest BCUT2D eigenvalue weighted by atomic mass is 35.5. The van der Waals surface area contributed by atoms with Crippen molar-refractivity contribution in [1.29, 1.82) is 0 Å². The molecule has 116 valence electrons.